The summed E-state index contributed by atoms with van der Waals surface area (Å²) in [6.07, 6.45) is 64.0. The molecule has 19 heteroatoms. The third-order valence-corrected chi connectivity index (χ3v) is 21.9. The third-order valence-electron chi connectivity index (χ3n) is 20.0. The van der Waals surface area contributed by atoms with Crippen LogP contribution in [0.5, 0.6) is 0 Å². The summed E-state index contributed by atoms with van der Waals surface area (Å²) in [6, 6.07) is 0. The van der Waals surface area contributed by atoms with Crippen molar-refractivity contribution in [3.8, 4) is 0 Å². The van der Waals surface area contributed by atoms with E-state index in [2.05, 4.69) is 48.5 Å². The Morgan fingerprint density at radius 1 is 0.282 bits per heavy atom. The average molecular weight is 1510 g/mol. The number of hydrogen-bond acceptors (Lipinski definition) is 15. The van der Waals surface area contributed by atoms with Crippen molar-refractivity contribution in [3.63, 3.8) is 0 Å². The van der Waals surface area contributed by atoms with Gasteiger partial charge < -0.3 is 33.8 Å². The number of phosphoric acid groups is 2. The summed E-state index contributed by atoms with van der Waals surface area (Å²) in [5.41, 5.74) is 0. The van der Waals surface area contributed by atoms with Crippen molar-refractivity contribution < 1.29 is 80.2 Å². The standard InChI is InChI=1S/C84H164O17P2/c1-8-10-11-12-41-51-58-65-81(86)94-71-79(100-83(88)68-61-54-47-40-34-28-22-24-30-36-43-49-56-63-76(5)6)73-98-102(90,91)96-69-78(85)70-97-103(92,93)99-74-80(72-95-82(87)66-59-52-45-38-32-26-21-17-18-23-29-35-42-48-55-62-75(3)4)101-84(89)67-60-53-46-39-33-27-20-16-14-13-15-19-25-31-37-44-50-57-64-77(7)9-2/h75-80,85H,8-74H2,1-7H3,(H,90,91)(H,92,93)/t77?,78-,79+,80+/m0/s1. The van der Waals surface area contributed by atoms with E-state index in [0.717, 1.165) is 120 Å². The van der Waals surface area contributed by atoms with Crippen LogP contribution in [0.15, 0.2) is 0 Å². The Bertz CT molecular complexity index is 1990. The van der Waals surface area contributed by atoms with Crippen LogP contribution < -0.4 is 0 Å². The van der Waals surface area contributed by atoms with Gasteiger partial charge in [-0.05, 0) is 43.4 Å². The molecule has 0 aliphatic heterocycles. The van der Waals surface area contributed by atoms with E-state index >= 15 is 0 Å². The SMILES string of the molecule is CCCCCCCCCC(=O)OC[C@H](COP(=O)(O)OC[C@H](O)COP(=O)(O)OC[C@@H](COC(=O)CCCCCCCCCCCCCCCCCC(C)C)OC(=O)CCCCCCCCCCCCCCCCCCCCC(C)CC)OC(=O)CCCCCCCCCCCCCCCC(C)C. The van der Waals surface area contributed by atoms with Crippen LogP contribution in [0, 0.1) is 17.8 Å². The van der Waals surface area contributed by atoms with Gasteiger partial charge in [0.1, 0.15) is 19.3 Å². The van der Waals surface area contributed by atoms with E-state index in [9.17, 15) is 43.2 Å². The molecule has 0 spiro atoms. The van der Waals surface area contributed by atoms with Gasteiger partial charge in [-0.15, -0.1) is 0 Å². The highest BCUT2D eigenvalue weighted by Gasteiger charge is 2.30. The first-order chi connectivity index (χ1) is 49.8. The van der Waals surface area contributed by atoms with E-state index in [0.29, 0.717) is 25.7 Å². The minimum absolute atomic E-state index is 0.107. The summed E-state index contributed by atoms with van der Waals surface area (Å²) < 4.78 is 68.7. The lowest BCUT2D eigenvalue weighted by Crippen LogP contribution is -2.30. The molecule has 6 atom stereocenters. The minimum Gasteiger partial charge on any atom is -0.462 e. The van der Waals surface area contributed by atoms with Crippen molar-refractivity contribution in [2.24, 2.45) is 17.8 Å². The van der Waals surface area contributed by atoms with Gasteiger partial charge in [0.2, 0.25) is 0 Å². The minimum atomic E-state index is -4.96. The number of esters is 4. The molecule has 0 saturated carbocycles. The number of ether oxygens (including phenoxy) is 4. The maximum absolute atomic E-state index is 13.1. The third kappa shape index (κ3) is 76.6. The lowest BCUT2D eigenvalue weighted by atomic mass is 9.99. The van der Waals surface area contributed by atoms with Crippen LogP contribution in [0.4, 0.5) is 0 Å². The summed E-state index contributed by atoms with van der Waals surface area (Å²) >= 11 is 0. The zero-order valence-electron chi connectivity index (χ0n) is 67.8. The molecule has 17 nitrogen and oxygen atoms in total. The molecule has 0 fully saturated rings. The molecule has 0 radical (unpaired) electrons. The number of aliphatic hydroxyl groups is 1. The molecule has 0 rings (SSSR count). The highest BCUT2D eigenvalue weighted by Crippen LogP contribution is 2.45. The maximum Gasteiger partial charge on any atom is 0.472 e. The fourth-order valence-electron chi connectivity index (χ4n) is 13.0. The molecule has 0 aromatic rings. The van der Waals surface area contributed by atoms with E-state index in [4.69, 9.17) is 37.0 Å². The number of phosphoric ester groups is 2. The van der Waals surface area contributed by atoms with Gasteiger partial charge in [-0.2, -0.15) is 0 Å². The summed E-state index contributed by atoms with van der Waals surface area (Å²) in [5, 5.41) is 10.6. The summed E-state index contributed by atoms with van der Waals surface area (Å²) in [5.74, 6) is 0.352. The monoisotopic (exact) mass is 1510 g/mol. The van der Waals surface area contributed by atoms with Gasteiger partial charge in [0.15, 0.2) is 12.2 Å². The molecular weight excluding hydrogens is 1340 g/mol. The molecule has 0 saturated heterocycles. The van der Waals surface area contributed by atoms with Gasteiger partial charge in [0.05, 0.1) is 26.4 Å². The van der Waals surface area contributed by atoms with Crippen molar-refractivity contribution in [3.05, 3.63) is 0 Å². The molecule has 612 valence electrons. The zero-order chi connectivity index (χ0) is 75.8. The molecule has 0 aliphatic rings. The lowest BCUT2D eigenvalue weighted by Gasteiger charge is -2.21. The van der Waals surface area contributed by atoms with Gasteiger partial charge in [-0.25, -0.2) is 9.13 Å². The molecule has 0 aromatic carbocycles. The number of hydrogen-bond donors (Lipinski definition) is 3. The topological polar surface area (TPSA) is 237 Å². The highest BCUT2D eigenvalue weighted by atomic mass is 31.2. The molecule has 3 N–H and O–H groups in total. The number of carbonyl (C=O) groups excluding carboxylic acids is 4. The van der Waals surface area contributed by atoms with Gasteiger partial charge in [0, 0.05) is 25.7 Å². The fraction of sp³-hybridized carbons (Fsp3) is 0.952. The van der Waals surface area contributed by atoms with Crippen LogP contribution in [0.3, 0.4) is 0 Å². The van der Waals surface area contributed by atoms with Crippen molar-refractivity contribution in [2.45, 2.75) is 458 Å². The second kappa shape index (κ2) is 74.2. The van der Waals surface area contributed by atoms with Crippen molar-refractivity contribution in [1.29, 1.82) is 0 Å². The van der Waals surface area contributed by atoms with Gasteiger partial charge in [0.25, 0.3) is 0 Å². The van der Waals surface area contributed by atoms with Crippen LogP contribution in [0.1, 0.15) is 440 Å². The molecule has 0 aliphatic carbocycles. The van der Waals surface area contributed by atoms with Crippen molar-refractivity contribution in [2.75, 3.05) is 39.6 Å². The quantitative estimate of drug-likeness (QED) is 0.0222. The van der Waals surface area contributed by atoms with Crippen LogP contribution in [-0.2, 0) is 65.4 Å². The molecule has 3 unspecified atom stereocenters. The Morgan fingerprint density at radius 3 is 0.738 bits per heavy atom. The first-order valence-electron chi connectivity index (χ1n) is 43.4. The van der Waals surface area contributed by atoms with Gasteiger partial charge >= 0.3 is 39.5 Å². The number of unbranched alkanes of at least 4 members (excludes halogenated alkanes) is 49. The number of aliphatic hydroxyl groups excluding tert-OH is 1. The second-order valence-corrected chi connectivity index (χ2v) is 34.3. The Balaban J connectivity index is 5.17. The largest absolute Gasteiger partial charge is 0.472 e. The molecule has 0 amide bonds. The van der Waals surface area contributed by atoms with E-state index in [1.807, 2.05) is 0 Å². The molecule has 0 heterocycles. The zero-order valence-corrected chi connectivity index (χ0v) is 69.6. The number of carbonyl (C=O) groups is 4. The lowest BCUT2D eigenvalue weighted by molar-refractivity contribution is -0.161. The number of rotatable bonds is 82. The van der Waals surface area contributed by atoms with Crippen molar-refractivity contribution in [1.82, 2.24) is 0 Å². The highest BCUT2D eigenvalue weighted by molar-refractivity contribution is 7.47. The fourth-order valence-corrected chi connectivity index (χ4v) is 14.6. The van der Waals surface area contributed by atoms with Crippen LogP contribution in [0.25, 0.3) is 0 Å². The molecule has 0 bridgehead atoms. The summed E-state index contributed by atoms with van der Waals surface area (Å²) in [6.45, 7) is 12.0. The normalized spacial score (nSPS) is 14.2. The summed E-state index contributed by atoms with van der Waals surface area (Å²) in [7, 11) is -9.92. The predicted octanol–water partition coefficient (Wildman–Crippen LogP) is 25.3. The molecular formula is C84H164O17P2. The van der Waals surface area contributed by atoms with Gasteiger partial charge in [-0.3, -0.25) is 37.3 Å². The van der Waals surface area contributed by atoms with E-state index in [1.54, 1.807) is 0 Å². The smallest absolute Gasteiger partial charge is 0.462 e. The first-order valence-corrected chi connectivity index (χ1v) is 46.4. The second-order valence-electron chi connectivity index (χ2n) is 31.4. The molecule has 103 heavy (non-hydrogen) atoms. The maximum atomic E-state index is 13.1. The first kappa shape index (κ1) is 101. The Morgan fingerprint density at radius 2 is 0.495 bits per heavy atom. The van der Waals surface area contributed by atoms with Gasteiger partial charge in [-0.1, -0.05) is 389 Å². The van der Waals surface area contributed by atoms with Crippen LogP contribution >= 0.6 is 15.6 Å². The van der Waals surface area contributed by atoms with Crippen LogP contribution in [-0.4, -0.2) is 96.7 Å². The van der Waals surface area contributed by atoms with E-state index < -0.39 is 97.5 Å². The predicted molar refractivity (Wildman–Crippen MR) is 423 cm³/mol. The Kier molecular flexibility index (Phi) is 72.8. The van der Waals surface area contributed by atoms with Crippen molar-refractivity contribution >= 4 is 39.5 Å². The average Bonchev–Trinajstić information content (AvgIpc) is 0.912. The molecule has 0 aromatic heterocycles. The van der Waals surface area contributed by atoms with Crippen LogP contribution in [0.2, 0.25) is 0 Å². The summed E-state index contributed by atoms with van der Waals surface area (Å²) in [4.78, 5) is 73.0. The van der Waals surface area contributed by atoms with E-state index in [-0.39, 0.29) is 25.7 Å². The Labute approximate surface area is 632 Å². The Hall–Kier alpha value is -1.94. The van der Waals surface area contributed by atoms with E-state index in [1.165, 1.54) is 238 Å².